The largest absolute Gasteiger partial charge is 0.444 e. The molecule has 1 saturated heterocycles. The van der Waals surface area contributed by atoms with Gasteiger partial charge in [-0.15, -0.1) is 6.58 Å². The van der Waals surface area contributed by atoms with Crippen LogP contribution in [0.4, 0.5) is 10.6 Å². The topological polar surface area (TPSA) is 74.8 Å². The van der Waals surface area contributed by atoms with Gasteiger partial charge in [0.05, 0.1) is 0 Å². The summed E-state index contributed by atoms with van der Waals surface area (Å²) in [5.74, 6) is 0.173. The number of piperidine rings is 1. The van der Waals surface area contributed by atoms with Crippen LogP contribution in [0.25, 0.3) is 6.08 Å². The van der Waals surface area contributed by atoms with Gasteiger partial charge in [-0.05, 0) is 94.5 Å². The molecule has 0 bridgehead atoms. The lowest BCUT2D eigenvalue weighted by molar-refractivity contribution is -0.121. The number of hydrogen-bond acceptors (Lipinski definition) is 5. The lowest BCUT2D eigenvalue weighted by Crippen LogP contribution is -2.47. The predicted molar refractivity (Wildman–Crippen MR) is 140 cm³/mol. The van der Waals surface area contributed by atoms with E-state index < -0.39 is 17.7 Å². The summed E-state index contributed by atoms with van der Waals surface area (Å²) in [4.78, 5) is 35.0. The third-order valence-corrected chi connectivity index (χ3v) is 6.90. The van der Waals surface area contributed by atoms with Crippen molar-refractivity contribution in [2.75, 3.05) is 25.5 Å². The monoisotopic (exact) mass is 532 g/mol. The Morgan fingerprint density at radius 2 is 2.06 bits per heavy atom. The zero-order chi connectivity index (χ0) is 25.1. The molecule has 34 heavy (non-hydrogen) atoms. The number of ether oxygens (including phenoxy) is 1. The molecule has 0 spiro atoms. The number of fused-ring (bicyclic) bond motifs is 1. The number of hydrogen-bond donors (Lipinski definition) is 1. The normalized spacial score (nSPS) is 23.4. The highest BCUT2D eigenvalue weighted by atomic mass is 79.9. The van der Waals surface area contributed by atoms with Crippen LogP contribution in [0.2, 0.25) is 0 Å². The minimum Gasteiger partial charge on any atom is -0.444 e. The standard InChI is InChI=1S/C26H37BrN4O3/c1-7-9-10-11-14-30(6)17-26-15-19(31(20(26)16-26)24(33)34-25(3,4)5)23(32)29-22-18(8-2)12-13-21(27)28-22/h7-8,12-13,19-20H,1-2,9-11,14-17H2,3-6H3,(H,28,29,32)/t19-,20+,26?/m0/s1. The molecule has 2 aliphatic rings. The molecular formula is C26H37BrN4O3. The molecule has 8 heteroatoms. The summed E-state index contributed by atoms with van der Waals surface area (Å²) in [7, 11) is 2.12. The molecule has 0 aromatic carbocycles. The second-order valence-corrected chi connectivity index (χ2v) is 11.3. The number of pyridine rings is 1. The van der Waals surface area contributed by atoms with Crippen LogP contribution in [0.3, 0.4) is 0 Å². The Balaban J connectivity index is 1.77. The Morgan fingerprint density at radius 3 is 2.71 bits per heavy atom. The average molecular weight is 534 g/mol. The Hall–Kier alpha value is -2.19. The number of halogens is 1. The molecule has 1 unspecified atom stereocenters. The number of rotatable bonds is 10. The molecule has 1 aliphatic heterocycles. The van der Waals surface area contributed by atoms with E-state index in [-0.39, 0.29) is 17.4 Å². The first-order chi connectivity index (χ1) is 16.0. The maximum Gasteiger partial charge on any atom is 0.411 e. The molecule has 1 aromatic heterocycles. The van der Waals surface area contributed by atoms with E-state index in [2.05, 4.69) is 51.3 Å². The van der Waals surface area contributed by atoms with Crippen LogP contribution in [-0.4, -0.2) is 64.6 Å². The van der Waals surface area contributed by atoms with Crippen LogP contribution in [0, 0.1) is 5.41 Å². The van der Waals surface area contributed by atoms with Crippen LogP contribution in [-0.2, 0) is 9.53 Å². The number of nitrogens with one attached hydrogen (secondary N) is 1. The van der Waals surface area contributed by atoms with Gasteiger partial charge in [-0.3, -0.25) is 9.69 Å². The number of nitrogens with zero attached hydrogens (tertiary/aromatic N) is 3. The summed E-state index contributed by atoms with van der Waals surface area (Å²) in [6.07, 6.45) is 7.90. The second-order valence-electron chi connectivity index (χ2n) is 10.5. The SMILES string of the molecule is C=CCCCCN(C)CC12C[C@@H](C(=O)Nc3nc(Br)ccc3C=C)N(C(=O)OC(C)(C)C)[C@@H]1C2. The number of anilines is 1. The minimum absolute atomic E-state index is 0.00284. The van der Waals surface area contributed by atoms with Crippen molar-refractivity contribution >= 4 is 39.8 Å². The third-order valence-electron chi connectivity index (χ3n) is 6.46. The first-order valence-electron chi connectivity index (χ1n) is 11.9. The van der Waals surface area contributed by atoms with E-state index in [0.717, 1.165) is 44.3 Å². The van der Waals surface area contributed by atoms with Gasteiger partial charge < -0.3 is 15.0 Å². The van der Waals surface area contributed by atoms with Crippen LogP contribution in [0.5, 0.6) is 0 Å². The number of likely N-dealkylation sites (tertiary alicyclic amines) is 1. The molecular weight excluding hydrogens is 496 g/mol. The number of unbranched alkanes of at least 4 members (excludes halogenated alkanes) is 2. The molecule has 7 nitrogen and oxygen atoms in total. The number of amides is 2. The van der Waals surface area contributed by atoms with E-state index in [1.807, 2.05) is 32.9 Å². The van der Waals surface area contributed by atoms with Crippen LogP contribution in [0.1, 0.15) is 58.4 Å². The molecule has 1 aliphatic carbocycles. The van der Waals surface area contributed by atoms with Crippen LogP contribution in [0.15, 0.2) is 36.0 Å². The minimum atomic E-state index is -0.637. The van der Waals surface area contributed by atoms with Gasteiger partial charge in [0, 0.05) is 23.6 Å². The van der Waals surface area contributed by atoms with Crippen LogP contribution >= 0.6 is 15.9 Å². The Kier molecular flexibility index (Phi) is 8.24. The Labute approximate surface area is 211 Å². The van der Waals surface area contributed by atoms with Gasteiger partial charge in [0.15, 0.2) is 0 Å². The quantitative estimate of drug-likeness (QED) is 0.245. The fourth-order valence-electron chi connectivity index (χ4n) is 4.86. The Morgan fingerprint density at radius 1 is 1.32 bits per heavy atom. The molecule has 186 valence electrons. The zero-order valence-corrected chi connectivity index (χ0v) is 22.4. The van der Waals surface area contributed by atoms with Gasteiger partial charge in [0.25, 0.3) is 0 Å². The summed E-state index contributed by atoms with van der Waals surface area (Å²) in [6.45, 7) is 14.9. The van der Waals surface area contributed by atoms with Gasteiger partial charge in [0.2, 0.25) is 5.91 Å². The van der Waals surface area contributed by atoms with E-state index in [1.54, 1.807) is 17.0 Å². The molecule has 2 fully saturated rings. The summed E-state index contributed by atoms with van der Waals surface area (Å²) in [5.41, 5.74) is -0.00220. The van der Waals surface area contributed by atoms with Crippen LogP contribution < -0.4 is 5.32 Å². The molecule has 1 saturated carbocycles. The summed E-state index contributed by atoms with van der Waals surface area (Å²) >= 11 is 3.36. The summed E-state index contributed by atoms with van der Waals surface area (Å²) in [5, 5.41) is 2.93. The first-order valence-corrected chi connectivity index (χ1v) is 12.7. The molecule has 1 aromatic rings. The molecule has 2 amide bonds. The van der Waals surface area contributed by atoms with Crippen molar-refractivity contribution in [1.82, 2.24) is 14.8 Å². The fraction of sp³-hybridized carbons (Fsp3) is 0.577. The maximum absolute atomic E-state index is 13.4. The highest BCUT2D eigenvalue weighted by Crippen LogP contribution is 2.60. The van der Waals surface area contributed by atoms with E-state index in [9.17, 15) is 9.59 Å². The average Bonchev–Trinajstić information content (AvgIpc) is 3.32. The number of allylic oxidation sites excluding steroid dienone is 1. The fourth-order valence-corrected chi connectivity index (χ4v) is 5.17. The lowest BCUT2D eigenvalue weighted by Gasteiger charge is -2.29. The lowest BCUT2D eigenvalue weighted by atomic mass is 9.98. The molecule has 0 radical (unpaired) electrons. The highest BCUT2D eigenvalue weighted by molar-refractivity contribution is 9.10. The first kappa shape index (κ1) is 26.4. The Bertz CT molecular complexity index is 944. The van der Waals surface area contributed by atoms with E-state index in [4.69, 9.17) is 4.74 Å². The van der Waals surface area contributed by atoms with Crippen molar-refractivity contribution in [1.29, 1.82) is 0 Å². The van der Waals surface area contributed by atoms with Gasteiger partial charge in [-0.2, -0.15) is 0 Å². The van der Waals surface area contributed by atoms with E-state index in [0.29, 0.717) is 16.8 Å². The zero-order valence-electron chi connectivity index (χ0n) is 20.8. The van der Waals surface area contributed by atoms with E-state index in [1.165, 1.54) is 0 Å². The van der Waals surface area contributed by atoms with Crippen molar-refractivity contribution in [3.63, 3.8) is 0 Å². The van der Waals surface area contributed by atoms with Crippen molar-refractivity contribution in [2.45, 2.75) is 70.6 Å². The number of carbonyl (C=O) groups is 2. The maximum atomic E-state index is 13.4. The van der Waals surface area contributed by atoms with Crippen molar-refractivity contribution in [2.24, 2.45) is 5.41 Å². The highest BCUT2D eigenvalue weighted by Gasteiger charge is 2.68. The van der Waals surface area contributed by atoms with Crippen molar-refractivity contribution < 1.29 is 14.3 Å². The van der Waals surface area contributed by atoms with Gasteiger partial charge >= 0.3 is 6.09 Å². The van der Waals surface area contributed by atoms with Crippen molar-refractivity contribution in [3.05, 3.63) is 41.5 Å². The van der Waals surface area contributed by atoms with Gasteiger partial charge in [-0.25, -0.2) is 9.78 Å². The third kappa shape index (κ3) is 6.27. The summed E-state index contributed by atoms with van der Waals surface area (Å²) in [6, 6.07) is 3.02. The predicted octanol–water partition coefficient (Wildman–Crippen LogP) is 5.48. The van der Waals surface area contributed by atoms with E-state index >= 15 is 0 Å². The van der Waals surface area contributed by atoms with Gasteiger partial charge in [-0.1, -0.05) is 18.7 Å². The number of aromatic nitrogens is 1. The second kappa shape index (κ2) is 10.6. The molecule has 3 rings (SSSR count). The molecule has 3 atom stereocenters. The molecule has 1 N–H and O–H groups in total. The summed E-state index contributed by atoms with van der Waals surface area (Å²) < 4.78 is 6.31. The molecule has 2 heterocycles. The van der Waals surface area contributed by atoms with Gasteiger partial charge in [0.1, 0.15) is 22.1 Å². The van der Waals surface area contributed by atoms with Crippen molar-refractivity contribution in [3.8, 4) is 0 Å². The number of carbonyl (C=O) groups excluding carboxylic acids is 2. The smallest absolute Gasteiger partial charge is 0.411 e.